The number of hydrogen-bond acceptors (Lipinski definition) is 1. The first-order chi connectivity index (χ1) is 10.8. The minimum absolute atomic E-state index is 0.103. The second-order valence-electron chi connectivity index (χ2n) is 5.91. The largest absolute Gasteiger partial charge is 0.289 e. The van der Waals surface area contributed by atoms with Gasteiger partial charge in [-0.3, -0.25) is 4.79 Å². The molecule has 0 aromatic heterocycles. The van der Waals surface area contributed by atoms with Crippen LogP contribution in [0.25, 0.3) is 0 Å². The van der Waals surface area contributed by atoms with Crippen molar-refractivity contribution >= 4 is 5.78 Å². The molecule has 22 heavy (non-hydrogen) atoms. The number of hydrogen-bond donors (Lipinski definition) is 0. The van der Waals surface area contributed by atoms with Gasteiger partial charge in [-0.1, -0.05) is 93.6 Å². The SMILES string of the molecule is CCCCCCCCc1ccc(C(=O)c2ccccc2)cc1. The summed E-state index contributed by atoms with van der Waals surface area (Å²) in [6.45, 7) is 2.25. The molecule has 0 aliphatic carbocycles. The Balaban J connectivity index is 1.82. The Hall–Kier alpha value is -1.89. The Morgan fingerprint density at radius 2 is 1.32 bits per heavy atom. The molecular weight excluding hydrogens is 268 g/mol. The molecule has 0 atom stereocenters. The van der Waals surface area contributed by atoms with Crippen LogP contribution in [0.4, 0.5) is 0 Å². The van der Waals surface area contributed by atoms with E-state index in [-0.39, 0.29) is 5.78 Å². The summed E-state index contributed by atoms with van der Waals surface area (Å²) in [6.07, 6.45) is 9.04. The molecular formula is C21H26O. The van der Waals surface area contributed by atoms with E-state index in [9.17, 15) is 4.79 Å². The van der Waals surface area contributed by atoms with Gasteiger partial charge in [-0.2, -0.15) is 0 Å². The van der Waals surface area contributed by atoms with Gasteiger partial charge in [-0.05, 0) is 18.4 Å². The fourth-order valence-electron chi connectivity index (χ4n) is 2.69. The maximum Gasteiger partial charge on any atom is 0.193 e. The summed E-state index contributed by atoms with van der Waals surface area (Å²) in [5.41, 5.74) is 2.86. The highest BCUT2D eigenvalue weighted by Gasteiger charge is 2.07. The predicted octanol–water partition coefficient (Wildman–Crippen LogP) is 5.82. The summed E-state index contributed by atoms with van der Waals surface area (Å²) >= 11 is 0. The van der Waals surface area contributed by atoms with E-state index in [0.29, 0.717) is 0 Å². The summed E-state index contributed by atoms with van der Waals surface area (Å²) in [7, 11) is 0. The Labute approximate surface area is 134 Å². The van der Waals surface area contributed by atoms with Crippen molar-refractivity contribution in [2.75, 3.05) is 0 Å². The predicted molar refractivity (Wildman–Crippen MR) is 93.4 cm³/mol. The summed E-state index contributed by atoms with van der Waals surface area (Å²) in [6, 6.07) is 17.6. The third-order valence-corrected chi connectivity index (χ3v) is 4.07. The minimum Gasteiger partial charge on any atom is -0.289 e. The molecule has 0 fully saturated rings. The Kier molecular flexibility index (Phi) is 6.89. The lowest BCUT2D eigenvalue weighted by Crippen LogP contribution is -2.00. The van der Waals surface area contributed by atoms with Crippen LogP contribution in [0.2, 0.25) is 0 Å². The molecule has 0 heterocycles. The summed E-state index contributed by atoms with van der Waals surface area (Å²) in [5, 5.41) is 0. The standard InChI is InChI=1S/C21H26O/c1-2-3-4-5-6-8-11-18-14-16-20(17-15-18)21(22)19-12-9-7-10-13-19/h7,9-10,12-17H,2-6,8,11H2,1H3. The van der Waals surface area contributed by atoms with Crippen molar-refractivity contribution in [3.8, 4) is 0 Å². The van der Waals surface area contributed by atoms with Crippen molar-refractivity contribution in [3.05, 3.63) is 71.3 Å². The molecule has 0 unspecified atom stereocenters. The molecule has 116 valence electrons. The van der Waals surface area contributed by atoms with Crippen LogP contribution >= 0.6 is 0 Å². The van der Waals surface area contributed by atoms with E-state index in [2.05, 4.69) is 19.1 Å². The van der Waals surface area contributed by atoms with Gasteiger partial charge in [-0.15, -0.1) is 0 Å². The van der Waals surface area contributed by atoms with Crippen LogP contribution in [0, 0.1) is 0 Å². The molecule has 0 radical (unpaired) electrons. The van der Waals surface area contributed by atoms with Crippen LogP contribution in [0.3, 0.4) is 0 Å². The molecule has 2 rings (SSSR count). The first-order valence-electron chi connectivity index (χ1n) is 8.50. The van der Waals surface area contributed by atoms with Gasteiger partial charge in [0.2, 0.25) is 0 Å². The second-order valence-corrected chi connectivity index (χ2v) is 5.91. The Bertz CT molecular complexity index is 554. The van der Waals surface area contributed by atoms with Crippen LogP contribution in [-0.4, -0.2) is 5.78 Å². The van der Waals surface area contributed by atoms with Crippen molar-refractivity contribution in [2.45, 2.75) is 51.9 Å². The lowest BCUT2D eigenvalue weighted by atomic mass is 10.00. The molecule has 0 aliphatic rings. The maximum atomic E-state index is 12.3. The van der Waals surface area contributed by atoms with Crippen molar-refractivity contribution < 1.29 is 4.79 Å². The number of ketones is 1. The first-order valence-corrected chi connectivity index (χ1v) is 8.50. The second kappa shape index (κ2) is 9.19. The number of carbonyl (C=O) groups is 1. The van der Waals surface area contributed by atoms with Crippen molar-refractivity contribution in [3.63, 3.8) is 0 Å². The van der Waals surface area contributed by atoms with Gasteiger partial charge in [0.25, 0.3) is 0 Å². The van der Waals surface area contributed by atoms with Gasteiger partial charge in [0, 0.05) is 11.1 Å². The molecule has 0 amide bonds. The highest BCUT2D eigenvalue weighted by molar-refractivity contribution is 6.08. The van der Waals surface area contributed by atoms with E-state index >= 15 is 0 Å². The average molecular weight is 294 g/mol. The molecule has 1 heteroatoms. The van der Waals surface area contributed by atoms with Crippen LogP contribution in [-0.2, 0) is 6.42 Å². The summed E-state index contributed by atoms with van der Waals surface area (Å²) in [5.74, 6) is 0.103. The van der Waals surface area contributed by atoms with Crippen molar-refractivity contribution in [1.82, 2.24) is 0 Å². The van der Waals surface area contributed by atoms with Crippen LogP contribution in [0.15, 0.2) is 54.6 Å². The number of rotatable bonds is 9. The molecule has 2 aromatic rings. The van der Waals surface area contributed by atoms with Crippen LogP contribution in [0.5, 0.6) is 0 Å². The van der Waals surface area contributed by atoms with E-state index in [4.69, 9.17) is 0 Å². The Morgan fingerprint density at radius 3 is 2.00 bits per heavy atom. The number of aryl methyl sites for hydroxylation is 1. The fraction of sp³-hybridized carbons (Fsp3) is 0.381. The van der Waals surface area contributed by atoms with E-state index < -0.39 is 0 Å². The van der Waals surface area contributed by atoms with Gasteiger partial charge in [0.15, 0.2) is 5.78 Å². The van der Waals surface area contributed by atoms with Crippen molar-refractivity contribution in [2.24, 2.45) is 0 Å². The monoisotopic (exact) mass is 294 g/mol. The third-order valence-electron chi connectivity index (χ3n) is 4.07. The molecule has 2 aromatic carbocycles. The average Bonchev–Trinajstić information content (AvgIpc) is 2.59. The topological polar surface area (TPSA) is 17.1 Å². The normalized spacial score (nSPS) is 10.6. The smallest absolute Gasteiger partial charge is 0.193 e. The zero-order valence-electron chi connectivity index (χ0n) is 13.6. The fourth-order valence-corrected chi connectivity index (χ4v) is 2.69. The van der Waals surface area contributed by atoms with E-state index in [0.717, 1.165) is 17.5 Å². The first kappa shape index (κ1) is 16.5. The lowest BCUT2D eigenvalue weighted by Gasteiger charge is -2.04. The molecule has 0 N–H and O–H groups in total. The molecule has 0 spiro atoms. The summed E-state index contributed by atoms with van der Waals surface area (Å²) < 4.78 is 0. The highest BCUT2D eigenvalue weighted by Crippen LogP contribution is 2.14. The van der Waals surface area contributed by atoms with Crippen molar-refractivity contribution in [1.29, 1.82) is 0 Å². The molecule has 0 bridgehead atoms. The van der Waals surface area contributed by atoms with E-state index in [1.54, 1.807) is 0 Å². The molecule has 0 aliphatic heterocycles. The van der Waals surface area contributed by atoms with Gasteiger partial charge in [0.1, 0.15) is 0 Å². The van der Waals surface area contributed by atoms with Gasteiger partial charge in [0.05, 0.1) is 0 Å². The van der Waals surface area contributed by atoms with Gasteiger partial charge < -0.3 is 0 Å². The number of benzene rings is 2. The maximum absolute atomic E-state index is 12.3. The lowest BCUT2D eigenvalue weighted by molar-refractivity contribution is 0.103. The third kappa shape index (κ3) is 5.14. The van der Waals surface area contributed by atoms with Gasteiger partial charge in [-0.25, -0.2) is 0 Å². The van der Waals surface area contributed by atoms with Crippen LogP contribution < -0.4 is 0 Å². The number of carbonyl (C=O) groups excluding carboxylic acids is 1. The van der Waals surface area contributed by atoms with E-state index in [1.807, 2.05) is 42.5 Å². The minimum atomic E-state index is 0.103. The number of unbranched alkanes of at least 4 members (excludes halogenated alkanes) is 5. The highest BCUT2D eigenvalue weighted by atomic mass is 16.1. The Morgan fingerprint density at radius 1 is 0.727 bits per heavy atom. The van der Waals surface area contributed by atoms with Gasteiger partial charge >= 0.3 is 0 Å². The zero-order chi connectivity index (χ0) is 15.6. The summed E-state index contributed by atoms with van der Waals surface area (Å²) in [4.78, 5) is 12.3. The quantitative estimate of drug-likeness (QED) is 0.420. The zero-order valence-corrected chi connectivity index (χ0v) is 13.6. The van der Waals surface area contributed by atoms with Crippen LogP contribution in [0.1, 0.15) is 66.9 Å². The molecule has 0 saturated carbocycles. The molecule has 0 saturated heterocycles. The van der Waals surface area contributed by atoms with E-state index in [1.165, 1.54) is 44.1 Å². The molecule has 1 nitrogen and oxygen atoms in total.